The Balaban J connectivity index is 2.11. The van der Waals surface area contributed by atoms with Gasteiger partial charge in [0.05, 0.1) is 5.56 Å². The van der Waals surface area contributed by atoms with Crippen LogP contribution in [0.4, 0.5) is 5.69 Å². The zero-order valence-electron chi connectivity index (χ0n) is 9.83. The second kappa shape index (κ2) is 5.22. The van der Waals surface area contributed by atoms with Gasteiger partial charge < -0.3 is 15.5 Å². The maximum absolute atomic E-state index is 11.9. The maximum Gasteiger partial charge on any atom is 0.335 e. The van der Waals surface area contributed by atoms with Gasteiger partial charge in [0.2, 0.25) is 0 Å². The minimum Gasteiger partial charge on any atom is -0.508 e. The lowest BCUT2D eigenvalue weighted by molar-refractivity contribution is 0.0696. The molecule has 0 heterocycles. The highest BCUT2D eigenvalue weighted by Crippen LogP contribution is 2.15. The van der Waals surface area contributed by atoms with Gasteiger partial charge in [-0.15, -0.1) is 0 Å². The number of carboxylic acids is 1. The predicted octanol–water partition coefficient (Wildman–Crippen LogP) is 2.34. The second-order valence-corrected chi connectivity index (χ2v) is 3.88. The van der Waals surface area contributed by atoms with Crippen molar-refractivity contribution in [2.45, 2.75) is 0 Å². The molecule has 0 aromatic heterocycles. The Kier molecular flexibility index (Phi) is 3.47. The molecule has 0 aliphatic heterocycles. The smallest absolute Gasteiger partial charge is 0.335 e. The molecule has 2 aromatic rings. The summed E-state index contributed by atoms with van der Waals surface area (Å²) in [5.41, 5.74) is 1.03. The van der Waals surface area contributed by atoms with Crippen LogP contribution in [0.15, 0.2) is 48.5 Å². The quantitative estimate of drug-likeness (QED) is 0.736. The average Bonchev–Trinajstić information content (AvgIpc) is 2.41. The lowest BCUT2D eigenvalue weighted by Gasteiger charge is -2.05. The summed E-state index contributed by atoms with van der Waals surface area (Å²) in [5, 5.41) is 20.5. The standard InChI is InChI=1S/C14H11NO4/c16-12-7-5-11(6-8-12)15-13(17)9-1-3-10(4-2-9)14(18)19/h1-8,16H,(H,15,17)(H,18,19). The number of phenols is 1. The number of phenolic OH excluding ortho intramolecular Hbond substituents is 1. The molecule has 2 aromatic carbocycles. The van der Waals surface area contributed by atoms with Crippen molar-refractivity contribution in [1.82, 2.24) is 0 Å². The highest BCUT2D eigenvalue weighted by molar-refractivity contribution is 6.04. The van der Waals surface area contributed by atoms with Crippen molar-refractivity contribution in [2.75, 3.05) is 5.32 Å². The van der Waals surface area contributed by atoms with Crippen LogP contribution < -0.4 is 5.32 Å². The molecule has 5 heteroatoms. The number of rotatable bonds is 3. The molecule has 0 aliphatic rings. The van der Waals surface area contributed by atoms with Crippen LogP contribution in [0.3, 0.4) is 0 Å². The molecular weight excluding hydrogens is 246 g/mol. The third-order valence-corrected chi connectivity index (χ3v) is 2.52. The predicted molar refractivity (Wildman–Crippen MR) is 69.5 cm³/mol. The number of carbonyl (C=O) groups excluding carboxylic acids is 1. The summed E-state index contributed by atoms with van der Waals surface area (Å²) in [6.07, 6.45) is 0. The van der Waals surface area contributed by atoms with Gasteiger partial charge in [0, 0.05) is 11.3 Å². The number of benzene rings is 2. The molecule has 1 amide bonds. The van der Waals surface area contributed by atoms with Crippen LogP contribution in [0.2, 0.25) is 0 Å². The normalized spacial score (nSPS) is 9.89. The lowest BCUT2D eigenvalue weighted by atomic mass is 10.1. The first-order chi connectivity index (χ1) is 9.06. The van der Waals surface area contributed by atoms with Crippen molar-refractivity contribution >= 4 is 17.6 Å². The van der Waals surface area contributed by atoms with Crippen molar-refractivity contribution in [3.05, 3.63) is 59.7 Å². The summed E-state index contributed by atoms with van der Waals surface area (Å²) in [6.45, 7) is 0. The Bertz CT molecular complexity index is 602. The van der Waals surface area contributed by atoms with E-state index in [-0.39, 0.29) is 17.2 Å². The lowest BCUT2D eigenvalue weighted by Crippen LogP contribution is -2.12. The average molecular weight is 257 g/mol. The van der Waals surface area contributed by atoms with Crippen molar-refractivity contribution in [1.29, 1.82) is 0 Å². The molecule has 0 atom stereocenters. The van der Waals surface area contributed by atoms with E-state index in [1.54, 1.807) is 12.1 Å². The molecule has 19 heavy (non-hydrogen) atoms. The van der Waals surface area contributed by atoms with E-state index in [0.29, 0.717) is 11.3 Å². The summed E-state index contributed by atoms with van der Waals surface area (Å²) in [4.78, 5) is 22.5. The van der Waals surface area contributed by atoms with E-state index in [1.807, 2.05) is 0 Å². The molecule has 0 radical (unpaired) electrons. The van der Waals surface area contributed by atoms with E-state index in [2.05, 4.69) is 5.32 Å². The molecule has 3 N–H and O–H groups in total. The Morgan fingerprint density at radius 3 is 1.89 bits per heavy atom. The van der Waals surface area contributed by atoms with Crippen LogP contribution in [0.5, 0.6) is 5.75 Å². The fraction of sp³-hybridized carbons (Fsp3) is 0. The summed E-state index contributed by atoms with van der Waals surface area (Å²) in [7, 11) is 0. The van der Waals surface area contributed by atoms with Gasteiger partial charge in [-0.1, -0.05) is 0 Å². The minimum atomic E-state index is -1.04. The first-order valence-electron chi connectivity index (χ1n) is 5.50. The van der Waals surface area contributed by atoms with E-state index < -0.39 is 5.97 Å². The highest BCUT2D eigenvalue weighted by Gasteiger charge is 2.08. The van der Waals surface area contributed by atoms with Crippen LogP contribution in [0.25, 0.3) is 0 Å². The second-order valence-electron chi connectivity index (χ2n) is 3.88. The molecule has 2 rings (SSSR count). The van der Waals surface area contributed by atoms with Crippen LogP contribution in [-0.4, -0.2) is 22.1 Å². The third kappa shape index (κ3) is 3.10. The number of amides is 1. The molecule has 0 saturated heterocycles. The summed E-state index contributed by atoms with van der Waals surface area (Å²) >= 11 is 0. The molecule has 0 spiro atoms. The largest absolute Gasteiger partial charge is 0.508 e. The van der Waals surface area contributed by atoms with Crippen molar-refractivity contribution in [2.24, 2.45) is 0 Å². The van der Waals surface area contributed by atoms with Gasteiger partial charge in [0.15, 0.2) is 0 Å². The van der Waals surface area contributed by atoms with E-state index in [9.17, 15) is 9.59 Å². The number of aromatic hydroxyl groups is 1. The number of aromatic carboxylic acids is 1. The van der Waals surface area contributed by atoms with E-state index in [0.717, 1.165) is 0 Å². The van der Waals surface area contributed by atoms with Gasteiger partial charge >= 0.3 is 5.97 Å². The fourth-order valence-electron chi connectivity index (χ4n) is 1.51. The molecule has 0 aliphatic carbocycles. The molecule has 96 valence electrons. The van der Waals surface area contributed by atoms with Crippen LogP contribution in [0, 0.1) is 0 Å². The number of carbonyl (C=O) groups is 2. The molecule has 0 unspecified atom stereocenters. The fourth-order valence-corrected chi connectivity index (χ4v) is 1.51. The zero-order valence-corrected chi connectivity index (χ0v) is 9.83. The molecule has 0 bridgehead atoms. The van der Waals surface area contributed by atoms with Gasteiger partial charge in [0.1, 0.15) is 5.75 Å². The van der Waals surface area contributed by atoms with Gasteiger partial charge in [-0.25, -0.2) is 4.79 Å². The summed E-state index contributed by atoms with van der Waals surface area (Å²) in [6, 6.07) is 11.7. The van der Waals surface area contributed by atoms with Crippen LogP contribution in [-0.2, 0) is 0 Å². The summed E-state index contributed by atoms with van der Waals surface area (Å²) < 4.78 is 0. The molecule has 0 saturated carbocycles. The first kappa shape index (κ1) is 12.6. The van der Waals surface area contributed by atoms with E-state index in [1.165, 1.54) is 36.4 Å². The Labute approximate surface area is 109 Å². The van der Waals surface area contributed by atoms with Crippen molar-refractivity contribution < 1.29 is 19.8 Å². The zero-order chi connectivity index (χ0) is 13.8. The molecule has 0 fully saturated rings. The number of hydrogen-bond donors (Lipinski definition) is 3. The third-order valence-electron chi connectivity index (χ3n) is 2.52. The molecular formula is C14H11NO4. The number of nitrogens with one attached hydrogen (secondary N) is 1. The van der Waals surface area contributed by atoms with Gasteiger partial charge in [-0.3, -0.25) is 4.79 Å². The minimum absolute atomic E-state index is 0.115. The van der Waals surface area contributed by atoms with Crippen LogP contribution in [0.1, 0.15) is 20.7 Å². The van der Waals surface area contributed by atoms with Crippen LogP contribution >= 0.6 is 0 Å². The Hall–Kier alpha value is -2.82. The number of carboxylic acid groups (broad SMARTS) is 1. The number of anilines is 1. The number of hydrogen-bond acceptors (Lipinski definition) is 3. The monoisotopic (exact) mass is 257 g/mol. The Morgan fingerprint density at radius 1 is 0.842 bits per heavy atom. The highest BCUT2D eigenvalue weighted by atomic mass is 16.4. The van der Waals surface area contributed by atoms with Gasteiger partial charge in [-0.2, -0.15) is 0 Å². The topological polar surface area (TPSA) is 86.6 Å². The molecule has 5 nitrogen and oxygen atoms in total. The maximum atomic E-state index is 11.9. The Morgan fingerprint density at radius 2 is 1.37 bits per heavy atom. The van der Waals surface area contributed by atoms with E-state index >= 15 is 0 Å². The van der Waals surface area contributed by atoms with Gasteiger partial charge in [0.25, 0.3) is 5.91 Å². The van der Waals surface area contributed by atoms with E-state index in [4.69, 9.17) is 10.2 Å². The van der Waals surface area contributed by atoms with Crippen molar-refractivity contribution in [3.63, 3.8) is 0 Å². The SMILES string of the molecule is O=C(O)c1ccc(C(=O)Nc2ccc(O)cc2)cc1. The van der Waals surface area contributed by atoms with Crippen molar-refractivity contribution in [3.8, 4) is 5.75 Å². The van der Waals surface area contributed by atoms with Gasteiger partial charge in [-0.05, 0) is 48.5 Å². The first-order valence-corrected chi connectivity index (χ1v) is 5.50. The summed E-state index contributed by atoms with van der Waals surface area (Å²) in [5.74, 6) is -1.27.